The van der Waals surface area contributed by atoms with E-state index in [4.69, 9.17) is 5.11 Å². The van der Waals surface area contributed by atoms with Crippen LogP contribution < -0.4 is 4.72 Å². The second kappa shape index (κ2) is 5.99. The molecule has 0 aromatic heterocycles. The van der Waals surface area contributed by atoms with E-state index in [9.17, 15) is 13.2 Å². The molecule has 6 heteroatoms. The van der Waals surface area contributed by atoms with Crippen LogP contribution in [-0.2, 0) is 10.0 Å². The highest BCUT2D eigenvalue weighted by Gasteiger charge is 2.15. The highest BCUT2D eigenvalue weighted by Crippen LogP contribution is 2.15. The van der Waals surface area contributed by atoms with E-state index in [2.05, 4.69) is 4.72 Å². The van der Waals surface area contributed by atoms with Crippen molar-refractivity contribution in [2.24, 2.45) is 0 Å². The van der Waals surface area contributed by atoms with Crippen LogP contribution in [0.5, 0.6) is 0 Å². The molecule has 1 rings (SSSR count). The van der Waals surface area contributed by atoms with E-state index < -0.39 is 16.0 Å². The molecule has 0 fully saturated rings. The number of allylic oxidation sites excluding steroid dienone is 1. The van der Waals surface area contributed by atoms with Gasteiger partial charge in [0.2, 0.25) is 10.0 Å². The Morgan fingerprint density at radius 2 is 2.00 bits per heavy atom. The van der Waals surface area contributed by atoms with Gasteiger partial charge in [-0.15, -0.1) is 0 Å². The summed E-state index contributed by atoms with van der Waals surface area (Å²) < 4.78 is 26.3. The van der Waals surface area contributed by atoms with Crippen molar-refractivity contribution < 1.29 is 18.3 Å². The molecule has 0 heterocycles. The molecule has 2 N–H and O–H groups in total. The number of sulfonamides is 1. The Bertz CT molecular complexity index is 614. The van der Waals surface area contributed by atoms with E-state index in [1.54, 1.807) is 13.0 Å². The zero-order valence-electron chi connectivity index (χ0n) is 11.1. The van der Waals surface area contributed by atoms with Crippen molar-refractivity contribution in [3.05, 3.63) is 41.0 Å². The fourth-order valence-corrected chi connectivity index (χ4v) is 2.53. The summed E-state index contributed by atoms with van der Waals surface area (Å²) in [5, 5.41) is 8.89. The van der Waals surface area contributed by atoms with Crippen molar-refractivity contribution >= 4 is 16.0 Å². The lowest BCUT2D eigenvalue weighted by Crippen LogP contribution is -2.24. The smallest absolute Gasteiger partial charge is 0.335 e. The SMILES string of the molecule is CC(C)=CCNS(=O)(=O)c1ccc(C(=O)O)c(C)c1. The lowest BCUT2D eigenvalue weighted by molar-refractivity contribution is 0.0696. The normalized spacial score (nSPS) is 11.1. The predicted octanol–water partition coefficient (Wildman–Crippen LogP) is 1.94. The number of hydrogen-bond acceptors (Lipinski definition) is 3. The van der Waals surface area contributed by atoms with Crippen LogP contribution in [0.4, 0.5) is 0 Å². The van der Waals surface area contributed by atoms with Crippen molar-refractivity contribution in [3.63, 3.8) is 0 Å². The Kier molecular flexibility index (Phi) is 4.85. The summed E-state index contributed by atoms with van der Waals surface area (Å²) in [5.41, 5.74) is 1.53. The van der Waals surface area contributed by atoms with Crippen molar-refractivity contribution in [2.75, 3.05) is 6.54 Å². The molecule has 0 radical (unpaired) electrons. The number of aryl methyl sites for hydroxylation is 1. The van der Waals surface area contributed by atoms with Gasteiger partial charge in [0.15, 0.2) is 0 Å². The Labute approximate surface area is 113 Å². The summed E-state index contributed by atoms with van der Waals surface area (Å²) in [6, 6.07) is 3.95. The molecule has 1 aromatic rings. The van der Waals surface area contributed by atoms with Gasteiger partial charge in [-0.05, 0) is 44.5 Å². The number of aromatic carboxylic acids is 1. The minimum Gasteiger partial charge on any atom is -0.478 e. The van der Waals surface area contributed by atoms with E-state index in [1.165, 1.54) is 18.2 Å². The second-order valence-corrected chi connectivity index (χ2v) is 6.18. The molecule has 0 saturated carbocycles. The molecule has 19 heavy (non-hydrogen) atoms. The molecule has 0 aliphatic rings. The third-order valence-electron chi connectivity index (χ3n) is 2.52. The van der Waals surface area contributed by atoms with Gasteiger partial charge in [-0.25, -0.2) is 17.9 Å². The molecule has 0 amide bonds. The zero-order valence-corrected chi connectivity index (χ0v) is 11.9. The van der Waals surface area contributed by atoms with Gasteiger partial charge >= 0.3 is 5.97 Å². The molecule has 1 aromatic carbocycles. The first kappa shape index (κ1) is 15.4. The minimum atomic E-state index is -3.61. The lowest BCUT2D eigenvalue weighted by atomic mass is 10.1. The average Bonchev–Trinajstić information content (AvgIpc) is 2.27. The first-order valence-corrected chi connectivity index (χ1v) is 7.19. The Hall–Kier alpha value is -1.66. The fraction of sp³-hybridized carbons (Fsp3) is 0.308. The second-order valence-electron chi connectivity index (χ2n) is 4.42. The van der Waals surface area contributed by atoms with Crippen molar-refractivity contribution in [1.29, 1.82) is 0 Å². The molecule has 0 bridgehead atoms. The highest BCUT2D eigenvalue weighted by molar-refractivity contribution is 7.89. The van der Waals surface area contributed by atoms with Crippen LogP contribution in [-0.4, -0.2) is 26.0 Å². The molecule has 0 aliphatic heterocycles. The van der Waals surface area contributed by atoms with E-state index in [0.717, 1.165) is 5.57 Å². The summed E-state index contributed by atoms with van der Waals surface area (Å²) in [6.45, 7) is 5.53. The Morgan fingerprint density at radius 1 is 1.37 bits per heavy atom. The van der Waals surface area contributed by atoms with E-state index >= 15 is 0 Å². The van der Waals surface area contributed by atoms with E-state index in [0.29, 0.717) is 5.56 Å². The van der Waals surface area contributed by atoms with Gasteiger partial charge in [-0.3, -0.25) is 0 Å². The largest absolute Gasteiger partial charge is 0.478 e. The van der Waals surface area contributed by atoms with Crippen LogP contribution >= 0.6 is 0 Å². The fourth-order valence-electron chi connectivity index (χ4n) is 1.48. The average molecular weight is 283 g/mol. The minimum absolute atomic E-state index is 0.0668. The van der Waals surface area contributed by atoms with Gasteiger partial charge in [0.05, 0.1) is 10.5 Å². The van der Waals surface area contributed by atoms with Gasteiger partial charge in [-0.1, -0.05) is 11.6 Å². The molecule has 0 spiro atoms. The van der Waals surface area contributed by atoms with Gasteiger partial charge < -0.3 is 5.11 Å². The quantitative estimate of drug-likeness (QED) is 0.809. The Morgan fingerprint density at radius 3 is 2.47 bits per heavy atom. The summed E-state index contributed by atoms with van der Waals surface area (Å²) >= 11 is 0. The number of carbonyl (C=O) groups is 1. The summed E-state index contributed by atoms with van der Waals surface area (Å²) in [7, 11) is -3.61. The molecule has 0 unspecified atom stereocenters. The summed E-state index contributed by atoms with van der Waals surface area (Å²) in [6.07, 6.45) is 1.76. The maximum atomic E-state index is 12.0. The van der Waals surface area contributed by atoms with Crippen molar-refractivity contribution in [3.8, 4) is 0 Å². The van der Waals surface area contributed by atoms with Gasteiger partial charge in [0, 0.05) is 6.54 Å². The number of hydrogen-bond donors (Lipinski definition) is 2. The number of nitrogens with one attached hydrogen (secondary N) is 1. The lowest BCUT2D eigenvalue weighted by Gasteiger charge is -2.07. The molecular formula is C13H17NO4S. The standard InChI is InChI=1S/C13H17NO4S/c1-9(2)6-7-14-19(17,18)11-4-5-12(13(15)16)10(3)8-11/h4-6,8,14H,7H2,1-3H3,(H,15,16). The van der Waals surface area contributed by atoms with E-state index in [1.807, 2.05) is 13.8 Å². The van der Waals surface area contributed by atoms with Gasteiger partial charge in [0.25, 0.3) is 0 Å². The first-order chi connectivity index (χ1) is 8.74. The molecule has 104 valence electrons. The number of rotatable bonds is 5. The maximum absolute atomic E-state index is 12.0. The molecular weight excluding hydrogens is 266 g/mol. The predicted molar refractivity (Wildman–Crippen MR) is 72.8 cm³/mol. The van der Waals surface area contributed by atoms with Crippen LogP contribution in [0.15, 0.2) is 34.7 Å². The third-order valence-corrected chi connectivity index (χ3v) is 3.94. The zero-order chi connectivity index (χ0) is 14.6. The van der Waals surface area contributed by atoms with Crippen molar-refractivity contribution in [1.82, 2.24) is 4.72 Å². The molecule has 5 nitrogen and oxygen atoms in total. The topological polar surface area (TPSA) is 83.5 Å². The first-order valence-electron chi connectivity index (χ1n) is 5.71. The van der Waals surface area contributed by atoms with Crippen LogP contribution in [0.1, 0.15) is 29.8 Å². The third kappa shape index (κ3) is 4.18. The number of carboxylic acids is 1. The van der Waals surface area contributed by atoms with Crippen LogP contribution in [0.25, 0.3) is 0 Å². The molecule has 0 aliphatic carbocycles. The van der Waals surface area contributed by atoms with Crippen LogP contribution in [0.2, 0.25) is 0 Å². The maximum Gasteiger partial charge on any atom is 0.335 e. The van der Waals surface area contributed by atoms with E-state index in [-0.39, 0.29) is 17.0 Å². The highest BCUT2D eigenvalue weighted by atomic mass is 32.2. The summed E-state index contributed by atoms with van der Waals surface area (Å²) in [5.74, 6) is -1.07. The summed E-state index contributed by atoms with van der Waals surface area (Å²) in [4.78, 5) is 10.9. The Balaban J connectivity index is 3.00. The van der Waals surface area contributed by atoms with Gasteiger partial charge in [0.1, 0.15) is 0 Å². The van der Waals surface area contributed by atoms with Crippen LogP contribution in [0.3, 0.4) is 0 Å². The van der Waals surface area contributed by atoms with Crippen LogP contribution in [0, 0.1) is 6.92 Å². The number of benzene rings is 1. The molecule has 0 atom stereocenters. The van der Waals surface area contributed by atoms with Gasteiger partial charge in [-0.2, -0.15) is 0 Å². The van der Waals surface area contributed by atoms with Crippen molar-refractivity contribution in [2.45, 2.75) is 25.7 Å². The number of carboxylic acid groups (broad SMARTS) is 1. The molecule has 0 saturated heterocycles. The monoisotopic (exact) mass is 283 g/mol.